The fraction of sp³-hybridized carbons (Fsp3) is 0.481. The molecule has 0 bridgehead atoms. The summed E-state index contributed by atoms with van der Waals surface area (Å²) in [6.07, 6.45) is 2.58. The third-order valence-corrected chi connectivity index (χ3v) is 5.96. The number of alkyl carbamates (subject to hydrolysis) is 1. The Morgan fingerprint density at radius 3 is 2.56 bits per heavy atom. The number of aromatic nitrogens is 3. The molecule has 0 saturated carbocycles. The Balaban J connectivity index is 1.58. The first-order valence-corrected chi connectivity index (χ1v) is 12.0. The lowest BCUT2D eigenvalue weighted by Crippen LogP contribution is -2.39. The number of rotatable bonds is 4. The highest BCUT2D eigenvalue weighted by Crippen LogP contribution is 2.29. The molecule has 4 heterocycles. The Morgan fingerprint density at radius 2 is 1.85 bits per heavy atom. The first kappa shape index (κ1) is 23.9. The van der Waals surface area contributed by atoms with E-state index in [1.165, 1.54) is 6.42 Å². The van der Waals surface area contributed by atoms with E-state index in [2.05, 4.69) is 48.1 Å². The molecule has 1 fully saturated rings. The molecule has 34 heavy (non-hydrogen) atoms. The van der Waals surface area contributed by atoms with Crippen LogP contribution in [0.25, 0.3) is 22.3 Å². The van der Waals surface area contributed by atoms with Gasteiger partial charge in [-0.05, 0) is 75.8 Å². The van der Waals surface area contributed by atoms with Crippen molar-refractivity contribution < 1.29 is 9.53 Å². The number of aryl methyl sites for hydroxylation is 1. The van der Waals surface area contributed by atoms with Gasteiger partial charge in [0.15, 0.2) is 0 Å². The lowest BCUT2D eigenvalue weighted by Gasteiger charge is -2.36. The predicted molar refractivity (Wildman–Crippen MR) is 136 cm³/mol. The number of hydrogen-bond donors (Lipinski definition) is 1. The average Bonchev–Trinajstić information content (AvgIpc) is 2.75. The molecule has 2 atom stereocenters. The fourth-order valence-electron chi connectivity index (χ4n) is 4.57. The molecule has 1 N–H and O–H groups in total. The van der Waals surface area contributed by atoms with Gasteiger partial charge in [0.25, 0.3) is 0 Å². The van der Waals surface area contributed by atoms with Crippen LogP contribution in [0.4, 0.5) is 10.6 Å². The van der Waals surface area contributed by atoms with E-state index in [0.717, 1.165) is 52.5 Å². The lowest BCUT2D eigenvalue weighted by atomic mass is 9.92. The second kappa shape index (κ2) is 9.57. The van der Waals surface area contributed by atoms with Crippen molar-refractivity contribution in [1.82, 2.24) is 20.3 Å². The summed E-state index contributed by atoms with van der Waals surface area (Å²) in [7, 11) is 0. The lowest BCUT2D eigenvalue weighted by molar-refractivity contribution is 0.0523. The summed E-state index contributed by atoms with van der Waals surface area (Å²) in [5.41, 5.74) is 3.83. The van der Waals surface area contributed by atoms with Crippen LogP contribution in [0.5, 0.6) is 0 Å². The van der Waals surface area contributed by atoms with Gasteiger partial charge in [-0.15, -0.1) is 0 Å². The quantitative estimate of drug-likeness (QED) is 0.552. The number of nitrogens with one attached hydrogen (secondary N) is 1. The van der Waals surface area contributed by atoms with Crippen LogP contribution >= 0.6 is 0 Å². The van der Waals surface area contributed by atoms with Gasteiger partial charge in [-0.2, -0.15) is 0 Å². The highest BCUT2D eigenvalue weighted by molar-refractivity contribution is 5.81. The zero-order valence-electron chi connectivity index (χ0n) is 21.1. The van der Waals surface area contributed by atoms with Crippen LogP contribution in [0.15, 0.2) is 36.5 Å². The maximum atomic E-state index is 12.0. The van der Waals surface area contributed by atoms with Gasteiger partial charge < -0.3 is 15.0 Å². The molecule has 1 saturated heterocycles. The van der Waals surface area contributed by atoms with Gasteiger partial charge >= 0.3 is 6.09 Å². The van der Waals surface area contributed by atoms with Crippen molar-refractivity contribution in [3.63, 3.8) is 0 Å². The number of pyridine rings is 3. The number of piperidine rings is 1. The Morgan fingerprint density at radius 1 is 1.12 bits per heavy atom. The second-order valence-electron chi connectivity index (χ2n) is 10.6. The van der Waals surface area contributed by atoms with E-state index in [1.54, 1.807) is 6.20 Å². The molecule has 2 unspecified atom stereocenters. The van der Waals surface area contributed by atoms with Crippen LogP contribution in [0, 0.1) is 18.8 Å². The molecule has 7 heteroatoms. The summed E-state index contributed by atoms with van der Waals surface area (Å²) in [5.74, 6) is 2.33. The Kier molecular flexibility index (Phi) is 6.73. The number of carbonyl (C=O) groups excluding carboxylic acids is 1. The van der Waals surface area contributed by atoms with Gasteiger partial charge in [-0.1, -0.05) is 19.9 Å². The molecule has 180 valence electrons. The molecule has 3 aromatic heterocycles. The van der Waals surface area contributed by atoms with E-state index >= 15 is 0 Å². The topological polar surface area (TPSA) is 80.2 Å². The number of amides is 1. The minimum absolute atomic E-state index is 0.273. The molecule has 4 rings (SSSR count). The first-order chi connectivity index (χ1) is 16.1. The number of anilines is 1. The molecule has 1 aliphatic rings. The molecule has 1 amide bonds. The normalized spacial score (nSPS) is 18.7. The zero-order chi connectivity index (χ0) is 24.5. The van der Waals surface area contributed by atoms with Crippen LogP contribution in [0.2, 0.25) is 0 Å². The average molecular weight is 462 g/mol. The number of nitrogens with zero attached hydrogens (tertiary/aromatic N) is 4. The molecule has 0 aromatic carbocycles. The van der Waals surface area contributed by atoms with E-state index in [9.17, 15) is 4.79 Å². The van der Waals surface area contributed by atoms with Gasteiger partial charge in [0.05, 0.1) is 29.1 Å². The number of fused-ring (bicyclic) bond motifs is 1. The van der Waals surface area contributed by atoms with Crippen molar-refractivity contribution in [1.29, 1.82) is 0 Å². The van der Waals surface area contributed by atoms with Gasteiger partial charge in [0.1, 0.15) is 11.4 Å². The first-order valence-electron chi connectivity index (χ1n) is 12.0. The minimum atomic E-state index is -0.541. The fourth-order valence-corrected chi connectivity index (χ4v) is 4.57. The second-order valence-corrected chi connectivity index (χ2v) is 10.6. The standard InChI is InChI=1S/C27H35N5O2/c1-17-11-18(2)16-32(15-17)24-10-7-19(3)25(31-24)22-9-8-20-13-28-21(12-23(20)30-22)14-29-26(33)34-27(4,5)6/h7-10,12-13,17-18H,11,14-16H2,1-6H3,(H,29,33). The summed E-state index contributed by atoms with van der Waals surface area (Å²) < 4.78 is 5.31. The predicted octanol–water partition coefficient (Wildman–Crippen LogP) is 5.51. The Bertz CT molecular complexity index is 1180. The molecular weight excluding hydrogens is 426 g/mol. The van der Waals surface area contributed by atoms with Crippen molar-refractivity contribution in [2.24, 2.45) is 11.8 Å². The molecule has 0 radical (unpaired) electrons. The summed E-state index contributed by atoms with van der Waals surface area (Å²) in [6.45, 7) is 14.5. The Labute approximate surface area is 202 Å². The zero-order valence-corrected chi connectivity index (χ0v) is 21.1. The summed E-state index contributed by atoms with van der Waals surface area (Å²) in [4.78, 5) is 28.8. The third kappa shape index (κ3) is 5.82. The highest BCUT2D eigenvalue weighted by atomic mass is 16.6. The summed E-state index contributed by atoms with van der Waals surface area (Å²) in [6, 6.07) is 10.2. The van der Waals surface area contributed by atoms with Gasteiger partial charge in [-0.3, -0.25) is 4.98 Å². The smallest absolute Gasteiger partial charge is 0.407 e. The van der Waals surface area contributed by atoms with Crippen LogP contribution in [-0.2, 0) is 11.3 Å². The molecule has 3 aromatic rings. The third-order valence-electron chi connectivity index (χ3n) is 5.96. The van der Waals surface area contributed by atoms with E-state index < -0.39 is 11.7 Å². The van der Waals surface area contributed by atoms with Crippen molar-refractivity contribution in [3.05, 3.63) is 47.8 Å². The maximum Gasteiger partial charge on any atom is 0.407 e. The van der Waals surface area contributed by atoms with E-state index in [1.807, 2.05) is 39.0 Å². The largest absolute Gasteiger partial charge is 0.444 e. The van der Waals surface area contributed by atoms with Gasteiger partial charge in [-0.25, -0.2) is 14.8 Å². The van der Waals surface area contributed by atoms with Gasteiger partial charge in [0, 0.05) is 24.7 Å². The van der Waals surface area contributed by atoms with E-state index in [-0.39, 0.29) is 6.54 Å². The van der Waals surface area contributed by atoms with Crippen molar-refractivity contribution >= 4 is 22.8 Å². The SMILES string of the molecule is Cc1ccc(N2CC(C)CC(C)C2)nc1-c1ccc2cnc(CNC(=O)OC(C)(C)C)cc2n1. The molecule has 1 aliphatic heterocycles. The van der Waals surface area contributed by atoms with E-state index in [4.69, 9.17) is 14.7 Å². The molecular formula is C27H35N5O2. The van der Waals surface area contributed by atoms with Crippen molar-refractivity contribution in [3.8, 4) is 11.4 Å². The summed E-state index contributed by atoms with van der Waals surface area (Å²) in [5, 5.41) is 3.70. The van der Waals surface area contributed by atoms with Crippen LogP contribution in [-0.4, -0.2) is 39.7 Å². The summed E-state index contributed by atoms with van der Waals surface area (Å²) >= 11 is 0. The van der Waals surface area contributed by atoms with Crippen LogP contribution in [0.1, 0.15) is 52.3 Å². The van der Waals surface area contributed by atoms with Crippen molar-refractivity contribution in [2.45, 2.75) is 60.1 Å². The van der Waals surface area contributed by atoms with Gasteiger partial charge in [0.2, 0.25) is 0 Å². The molecule has 0 aliphatic carbocycles. The maximum absolute atomic E-state index is 12.0. The molecule has 0 spiro atoms. The number of carbonyl (C=O) groups is 1. The minimum Gasteiger partial charge on any atom is -0.444 e. The molecule has 7 nitrogen and oxygen atoms in total. The van der Waals surface area contributed by atoms with E-state index in [0.29, 0.717) is 11.8 Å². The number of hydrogen-bond acceptors (Lipinski definition) is 6. The van der Waals surface area contributed by atoms with Crippen molar-refractivity contribution in [2.75, 3.05) is 18.0 Å². The highest BCUT2D eigenvalue weighted by Gasteiger charge is 2.23. The number of ether oxygens (including phenoxy) is 1. The Hall–Kier alpha value is -3.22. The van der Waals surface area contributed by atoms with Crippen LogP contribution in [0.3, 0.4) is 0 Å². The monoisotopic (exact) mass is 461 g/mol. The van der Waals surface area contributed by atoms with Crippen LogP contribution < -0.4 is 10.2 Å².